The van der Waals surface area contributed by atoms with Gasteiger partial charge in [-0.05, 0) is 43.9 Å². The van der Waals surface area contributed by atoms with Gasteiger partial charge in [0.15, 0.2) is 0 Å². The number of allylic oxidation sites excluding steroid dienone is 2. The van der Waals surface area contributed by atoms with E-state index in [1.807, 2.05) is 4.90 Å². The third-order valence-corrected chi connectivity index (χ3v) is 6.54. The summed E-state index contributed by atoms with van der Waals surface area (Å²) in [6.45, 7) is 5.91. The molecule has 140 valence electrons. The van der Waals surface area contributed by atoms with Crippen LogP contribution in [0.4, 0.5) is 0 Å². The minimum absolute atomic E-state index is 0.200. The van der Waals surface area contributed by atoms with Crippen molar-refractivity contribution in [3.8, 4) is 0 Å². The van der Waals surface area contributed by atoms with Gasteiger partial charge < -0.3 is 14.5 Å². The molecule has 3 rings (SSSR count). The van der Waals surface area contributed by atoms with Crippen LogP contribution >= 0.6 is 0 Å². The smallest absolute Gasteiger partial charge is 0.228 e. The van der Waals surface area contributed by atoms with Gasteiger partial charge in [-0.2, -0.15) is 0 Å². The number of likely N-dealkylation sites (tertiary alicyclic amines) is 2. The molecule has 25 heavy (non-hydrogen) atoms. The summed E-state index contributed by atoms with van der Waals surface area (Å²) < 4.78 is 5.14. The summed E-state index contributed by atoms with van der Waals surface area (Å²) in [7, 11) is 1.68. The lowest BCUT2D eigenvalue weighted by molar-refractivity contribution is -0.148. The summed E-state index contributed by atoms with van der Waals surface area (Å²) >= 11 is 0. The Morgan fingerprint density at radius 1 is 1.20 bits per heavy atom. The Labute approximate surface area is 151 Å². The molecule has 0 aromatic carbocycles. The van der Waals surface area contributed by atoms with Gasteiger partial charge >= 0.3 is 0 Å². The van der Waals surface area contributed by atoms with Crippen molar-refractivity contribution in [2.75, 3.05) is 39.9 Å². The number of carbonyl (C=O) groups is 2. The molecule has 0 aromatic rings. The van der Waals surface area contributed by atoms with Crippen molar-refractivity contribution in [3.05, 3.63) is 12.2 Å². The summed E-state index contributed by atoms with van der Waals surface area (Å²) in [5, 5.41) is 0. The first-order valence-corrected chi connectivity index (χ1v) is 9.69. The molecule has 0 saturated carbocycles. The fraction of sp³-hybridized carbons (Fsp3) is 0.800. The highest BCUT2D eigenvalue weighted by Crippen LogP contribution is 2.42. The first-order chi connectivity index (χ1) is 12.0. The predicted octanol–water partition coefficient (Wildman–Crippen LogP) is 2.61. The van der Waals surface area contributed by atoms with Gasteiger partial charge in [0.1, 0.15) is 0 Å². The lowest BCUT2D eigenvalue weighted by Crippen LogP contribution is -2.54. The number of rotatable bonds is 4. The summed E-state index contributed by atoms with van der Waals surface area (Å²) in [6, 6.07) is 0. The molecule has 2 fully saturated rings. The lowest BCUT2D eigenvalue weighted by Gasteiger charge is -2.48. The van der Waals surface area contributed by atoms with Crippen molar-refractivity contribution in [2.45, 2.75) is 51.9 Å². The largest absolute Gasteiger partial charge is 0.383 e. The Hall–Kier alpha value is -1.36. The molecule has 1 spiro atoms. The zero-order valence-corrected chi connectivity index (χ0v) is 15.8. The van der Waals surface area contributed by atoms with Crippen LogP contribution in [0.3, 0.4) is 0 Å². The number of amides is 2. The van der Waals surface area contributed by atoms with Crippen LogP contribution in [0.1, 0.15) is 51.9 Å². The van der Waals surface area contributed by atoms with Crippen LogP contribution < -0.4 is 0 Å². The number of nitrogens with zero attached hydrogens (tertiary/aromatic N) is 2. The van der Waals surface area contributed by atoms with E-state index < -0.39 is 0 Å². The standard InChI is InChI=1S/C20H32N2O3/c1-19(7-4-3-5-8-19)18(24)21-12-10-20(11-13-21)9-6-17(23)22(16-20)14-15-25-2/h3-4H,5-16H2,1-2H3. The van der Waals surface area contributed by atoms with E-state index in [-0.39, 0.29) is 16.7 Å². The van der Waals surface area contributed by atoms with Crippen molar-refractivity contribution in [1.82, 2.24) is 9.80 Å². The molecule has 2 heterocycles. The average molecular weight is 348 g/mol. The lowest BCUT2D eigenvalue weighted by atomic mass is 9.71. The molecule has 0 aromatic heterocycles. The number of ether oxygens (including phenoxy) is 1. The Bertz CT molecular complexity index is 537. The van der Waals surface area contributed by atoms with Gasteiger partial charge in [-0.15, -0.1) is 0 Å². The maximum absolute atomic E-state index is 13.0. The fourth-order valence-corrected chi connectivity index (χ4v) is 4.64. The Balaban J connectivity index is 1.58. The first-order valence-electron chi connectivity index (χ1n) is 9.69. The third-order valence-electron chi connectivity index (χ3n) is 6.54. The molecule has 1 unspecified atom stereocenters. The second kappa shape index (κ2) is 7.48. The van der Waals surface area contributed by atoms with Crippen molar-refractivity contribution in [1.29, 1.82) is 0 Å². The Morgan fingerprint density at radius 3 is 2.60 bits per heavy atom. The number of methoxy groups -OCH3 is 1. The Kier molecular flexibility index (Phi) is 5.52. The van der Waals surface area contributed by atoms with Gasteiger partial charge in [-0.1, -0.05) is 19.1 Å². The summed E-state index contributed by atoms with van der Waals surface area (Å²) in [5.74, 6) is 0.581. The third kappa shape index (κ3) is 3.91. The van der Waals surface area contributed by atoms with E-state index in [1.165, 1.54) is 0 Å². The zero-order valence-electron chi connectivity index (χ0n) is 15.8. The Morgan fingerprint density at radius 2 is 1.96 bits per heavy atom. The summed E-state index contributed by atoms with van der Waals surface area (Å²) in [5.41, 5.74) is -0.0158. The van der Waals surface area contributed by atoms with E-state index in [0.717, 1.165) is 58.2 Å². The molecular formula is C20H32N2O3. The topological polar surface area (TPSA) is 49.9 Å². The highest BCUT2D eigenvalue weighted by atomic mass is 16.5. The number of hydrogen-bond acceptors (Lipinski definition) is 3. The summed E-state index contributed by atoms with van der Waals surface area (Å²) in [6.07, 6.45) is 10.8. The van der Waals surface area contributed by atoms with Crippen molar-refractivity contribution in [2.24, 2.45) is 10.8 Å². The summed E-state index contributed by atoms with van der Waals surface area (Å²) in [4.78, 5) is 29.2. The van der Waals surface area contributed by atoms with Gasteiger partial charge in [0, 0.05) is 39.7 Å². The van der Waals surface area contributed by atoms with Crippen LogP contribution in [0, 0.1) is 10.8 Å². The van der Waals surface area contributed by atoms with E-state index in [0.29, 0.717) is 25.5 Å². The molecule has 3 aliphatic rings. The quantitative estimate of drug-likeness (QED) is 0.734. The zero-order chi connectivity index (χ0) is 17.9. The van der Waals surface area contributed by atoms with E-state index in [9.17, 15) is 9.59 Å². The van der Waals surface area contributed by atoms with Gasteiger partial charge in [0.2, 0.25) is 11.8 Å². The highest BCUT2D eigenvalue weighted by molar-refractivity contribution is 5.83. The fourth-order valence-electron chi connectivity index (χ4n) is 4.64. The van der Waals surface area contributed by atoms with Gasteiger partial charge in [-0.3, -0.25) is 9.59 Å². The monoisotopic (exact) mass is 348 g/mol. The van der Waals surface area contributed by atoms with Gasteiger partial charge in [-0.25, -0.2) is 0 Å². The second-order valence-corrected chi connectivity index (χ2v) is 8.38. The van der Waals surface area contributed by atoms with Crippen molar-refractivity contribution in [3.63, 3.8) is 0 Å². The van der Waals surface area contributed by atoms with Crippen molar-refractivity contribution < 1.29 is 14.3 Å². The maximum Gasteiger partial charge on any atom is 0.228 e. The number of carbonyl (C=O) groups excluding carboxylic acids is 2. The van der Waals surface area contributed by atoms with Crippen LogP contribution in [0.2, 0.25) is 0 Å². The van der Waals surface area contributed by atoms with E-state index in [4.69, 9.17) is 4.74 Å². The molecule has 1 aliphatic carbocycles. The van der Waals surface area contributed by atoms with Crippen molar-refractivity contribution >= 4 is 11.8 Å². The molecule has 5 nitrogen and oxygen atoms in total. The molecule has 2 aliphatic heterocycles. The molecule has 5 heteroatoms. The van der Waals surface area contributed by atoms with E-state index >= 15 is 0 Å². The number of piperidine rings is 2. The molecule has 1 atom stereocenters. The van der Waals surface area contributed by atoms with Crippen LogP contribution in [0.15, 0.2) is 12.2 Å². The minimum atomic E-state index is -0.216. The normalized spacial score (nSPS) is 29.3. The maximum atomic E-state index is 13.0. The van der Waals surface area contributed by atoms with Crippen LogP contribution in [-0.4, -0.2) is 61.5 Å². The van der Waals surface area contributed by atoms with Gasteiger partial charge in [0.25, 0.3) is 0 Å². The molecular weight excluding hydrogens is 316 g/mol. The van der Waals surface area contributed by atoms with E-state index in [1.54, 1.807) is 7.11 Å². The molecule has 2 amide bonds. The minimum Gasteiger partial charge on any atom is -0.383 e. The second-order valence-electron chi connectivity index (χ2n) is 8.38. The predicted molar refractivity (Wildman–Crippen MR) is 97.0 cm³/mol. The SMILES string of the molecule is COCCN1CC2(CCC1=O)CCN(C(=O)C1(C)CC=CCC1)CC2. The molecule has 2 saturated heterocycles. The van der Waals surface area contributed by atoms with Crippen LogP contribution in [0.25, 0.3) is 0 Å². The van der Waals surface area contributed by atoms with Gasteiger partial charge in [0.05, 0.1) is 12.0 Å². The first kappa shape index (κ1) is 18.4. The average Bonchev–Trinajstić information content (AvgIpc) is 2.63. The van der Waals surface area contributed by atoms with Crippen LogP contribution in [-0.2, 0) is 14.3 Å². The van der Waals surface area contributed by atoms with Crippen LogP contribution in [0.5, 0.6) is 0 Å². The molecule has 0 radical (unpaired) electrons. The number of hydrogen-bond donors (Lipinski definition) is 0. The molecule has 0 N–H and O–H groups in total. The molecule has 0 bridgehead atoms. The van der Waals surface area contributed by atoms with E-state index in [2.05, 4.69) is 24.0 Å². The highest BCUT2D eigenvalue weighted by Gasteiger charge is 2.44.